The van der Waals surface area contributed by atoms with E-state index < -0.39 is 0 Å². The molecule has 7 nitrogen and oxygen atoms in total. The van der Waals surface area contributed by atoms with Gasteiger partial charge in [-0.15, -0.1) is 0 Å². The Morgan fingerprint density at radius 2 is 1.94 bits per heavy atom. The molecule has 34 heavy (non-hydrogen) atoms. The predicted molar refractivity (Wildman–Crippen MR) is 132 cm³/mol. The van der Waals surface area contributed by atoms with E-state index in [4.69, 9.17) is 9.47 Å². The van der Waals surface area contributed by atoms with Gasteiger partial charge in [0.2, 0.25) is 5.91 Å². The average Bonchev–Trinajstić information content (AvgIpc) is 3.69. The molecule has 1 aromatic heterocycles. The van der Waals surface area contributed by atoms with Gasteiger partial charge in [0.25, 0.3) is 5.56 Å². The fraction of sp³-hybridized carbons (Fsp3) is 0.556. The summed E-state index contributed by atoms with van der Waals surface area (Å²) in [7, 11) is 5.16. The highest BCUT2D eigenvalue weighted by molar-refractivity contribution is 5.81. The zero-order valence-electron chi connectivity index (χ0n) is 20.6. The first-order valence-corrected chi connectivity index (χ1v) is 12.3. The Balaban J connectivity index is 1.56. The molecule has 0 radical (unpaired) electrons. The minimum Gasteiger partial charge on any atom is -0.497 e. The summed E-state index contributed by atoms with van der Waals surface area (Å²) in [5.74, 6) is 0.890. The van der Waals surface area contributed by atoms with Crippen LogP contribution in [0.4, 0.5) is 0 Å². The second-order valence-corrected chi connectivity index (χ2v) is 9.60. The zero-order chi connectivity index (χ0) is 24.1. The fourth-order valence-corrected chi connectivity index (χ4v) is 5.00. The van der Waals surface area contributed by atoms with Crippen LogP contribution in [0.3, 0.4) is 0 Å². The first kappa shape index (κ1) is 24.5. The Morgan fingerprint density at radius 3 is 2.65 bits per heavy atom. The minimum absolute atomic E-state index is 0.0290. The number of methoxy groups -OCH3 is 2. The molecule has 1 saturated heterocycles. The third-order valence-corrected chi connectivity index (χ3v) is 7.06. The average molecular weight is 468 g/mol. The Morgan fingerprint density at radius 1 is 1.15 bits per heavy atom. The number of carbonyl (C=O) groups excluding carboxylic acids is 1. The second kappa shape index (κ2) is 11.2. The van der Waals surface area contributed by atoms with Crippen LogP contribution in [0.2, 0.25) is 0 Å². The van der Waals surface area contributed by atoms with Crippen molar-refractivity contribution < 1.29 is 14.3 Å². The molecule has 1 saturated carbocycles. The number of nitrogens with one attached hydrogen (secondary N) is 1. The number of nitrogens with zero attached hydrogens (tertiary/aromatic N) is 2. The summed E-state index contributed by atoms with van der Waals surface area (Å²) < 4.78 is 12.3. The van der Waals surface area contributed by atoms with E-state index in [1.807, 2.05) is 12.1 Å². The van der Waals surface area contributed by atoms with Crippen molar-refractivity contribution >= 4 is 5.91 Å². The summed E-state index contributed by atoms with van der Waals surface area (Å²) in [5.41, 5.74) is 3.24. The van der Waals surface area contributed by atoms with Crippen molar-refractivity contribution in [2.45, 2.75) is 50.6 Å². The Hall–Kier alpha value is -2.64. The van der Waals surface area contributed by atoms with E-state index >= 15 is 0 Å². The molecular formula is C27H37N3O4. The van der Waals surface area contributed by atoms with E-state index in [1.54, 1.807) is 38.1 Å². The maximum atomic E-state index is 13.9. The third kappa shape index (κ3) is 5.88. The van der Waals surface area contributed by atoms with Gasteiger partial charge in [-0.1, -0.05) is 6.07 Å². The van der Waals surface area contributed by atoms with Crippen LogP contribution in [0.1, 0.15) is 48.3 Å². The molecule has 2 aromatic rings. The fourth-order valence-electron chi connectivity index (χ4n) is 5.00. The van der Waals surface area contributed by atoms with Crippen molar-refractivity contribution in [3.05, 3.63) is 63.6 Å². The Bertz CT molecular complexity index is 1050. The number of piperidine rings is 1. The van der Waals surface area contributed by atoms with E-state index in [0.717, 1.165) is 62.1 Å². The van der Waals surface area contributed by atoms with Crippen LogP contribution >= 0.6 is 0 Å². The van der Waals surface area contributed by atoms with Gasteiger partial charge in [-0.25, -0.2) is 0 Å². The van der Waals surface area contributed by atoms with Crippen LogP contribution in [0.25, 0.3) is 0 Å². The number of hydrogen-bond donors (Lipinski definition) is 1. The van der Waals surface area contributed by atoms with Crippen molar-refractivity contribution in [2.24, 2.45) is 13.0 Å². The van der Waals surface area contributed by atoms with Crippen LogP contribution < -0.4 is 15.6 Å². The maximum Gasteiger partial charge on any atom is 0.250 e. The third-order valence-electron chi connectivity index (χ3n) is 7.06. The minimum atomic E-state index is -0.173. The first-order valence-electron chi connectivity index (χ1n) is 12.3. The summed E-state index contributed by atoms with van der Waals surface area (Å²) >= 11 is 0. The normalized spacial score (nSPS) is 20.2. The van der Waals surface area contributed by atoms with Crippen molar-refractivity contribution in [1.82, 2.24) is 14.8 Å². The highest BCUT2D eigenvalue weighted by atomic mass is 16.5. The van der Waals surface area contributed by atoms with Gasteiger partial charge in [0.05, 0.1) is 13.0 Å². The Kier molecular flexibility index (Phi) is 8.06. The molecule has 1 aliphatic carbocycles. The number of pyridine rings is 1. The van der Waals surface area contributed by atoms with Crippen LogP contribution in [-0.4, -0.2) is 55.3 Å². The van der Waals surface area contributed by atoms with E-state index in [-0.39, 0.29) is 23.3 Å². The SMILES string of the molecule is COCCCc1cc(CN(C(=O)[C@@H]2CNCC[C@H]2c2ccn(C)c(=O)c2)C2CC2)cc(OC)c1. The number of aromatic nitrogens is 1. The molecule has 7 heteroatoms. The lowest BCUT2D eigenvalue weighted by Crippen LogP contribution is -2.47. The molecule has 4 rings (SSSR count). The van der Waals surface area contributed by atoms with Gasteiger partial charge in [-0.2, -0.15) is 0 Å². The van der Waals surface area contributed by atoms with Crippen LogP contribution in [0.15, 0.2) is 41.3 Å². The number of ether oxygens (including phenoxy) is 2. The quantitative estimate of drug-likeness (QED) is 0.544. The molecule has 2 fully saturated rings. The van der Waals surface area contributed by atoms with Crippen molar-refractivity contribution in [2.75, 3.05) is 33.9 Å². The van der Waals surface area contributed by atoms with Gasteiger partial charge in [0, 0.05) is 52.2 Å². The molecule has 1 aromatic carbocycles. The molecule has 2 heterocycles. The van der Waals surface area contributed by atoms with Gasteiger partial charge < -0.3 is 24.3 Å². The molecular weight excluding hydrogens is 430 g/mol. The summed E-state index contributed by atoms with van der Waals surface area (Å²) in [6.07, 6.45) is 6.61. The topological polar surface area (TPSA) is 72.8 Å². The Labute approximate surface area is 202 Å². The van der Waals surface area contributed by atoms with Crippen molar-refractivity contribution in [1.29, 1.82) is 0 Å². The van der Waals surface area contributed by atoms with Crippen LogP contribution in [0, 0.1) is 5.92 Å². The van der Waals surface area contributed by atoms with Crippen LogP contribution in [-0.2, 0) is 29.5 Å². The number of carbonyl (C=O) groups is 1. The molecule has 0 bridgehead atoms. The lowest BCUT2D eigenvalue weighted by Gasteiger charge is -2.36. The van der Waals surface area contributed by atoms with E-state index in [9.17, 15) is 9.59 Å². The molecule has 1 amide bonds. The van der Waals surface area contributed by atoms with Crippen molar-refractivity contribution in [3.8, 4) is 5.75 Å². The van der Waals surface area contributed by atoms with Gasteiger partial charge >= 0.3 is 0 Å². The van der Waals surface area contributed by atoms with Gasteiger partial charge in [-0.05, 0) is 79.5 Å². The predicted octanol–water partition coefficient (Wildman–Crippen LogP) is 2.86. The number of amides is 1. The summed E-state index contributed by atoms with van der Waals surface area (Å²) in [4.78, 5) is 28.3. The van der Waals surface area contributed by atoms with Crippen molar-refractivity contribution in [3.63, 3.8) is 0 Å². The van der Waals surface area contributed by atoms with E-state index in [2.05, 4.69) is 22.3 Å². The monoisotopic (exact) mass is 467 g/mol. The molecule has 0 spiro atoms. The molecule has 184 valence electrons. The number of benzene rings is 1. The summed E-state index contributed by atoms with van der Waals surface area (Å²) in [6, 6.07) is 10.3. The number of hydrogen-bond acceptors (Lipinski definition) is 5. The van der Waals surface area contributed by atoms with Gasteiger partial charge in [-0.3, -0.25) is 9.59 Å². The first-order chi connectivity index (χ1) is 16.5. The smallest absolute Gasteiger partial charge is 0.250 e. The molecule has 1 aliphatic heterocycles. The lowest BCUT2D eigenvalue weighted by atomic mass is 9.80. The summed E-state index contributed by atoms with van der Waals surface area (Å²) in [6.45, 7) is 2.80. The van der Waals surface area contributed by atoms with E-state index in [1.165, 1.54) is 5.56 Å². The molecule has 2 aliphatic rings. The lowest BCUT2D eigenvalue weighted by molar-refractivity contribution is -0.138. The molecule has 2 atom stereocenters. The highest BCUT2D eigenvalue weighted by Gasteiger charge is 2.40. The largest absolute Gasteiger partial charge is 0.497 e. The van der Waals surface area contributed by atoms with E-state index in [0.29, 0.717) is 19.1 Å². The summed E-state index contributed by atoms with van der Waals surface area (Å²) in [5, 5.41) is 3.41. The molecule has 1 N–H and O–H groups in total. The van der Waals surface area contributed by atoms with Crippen LogP contribution in [0.5, 0.6) is 5.75 Å². The van der Waals surface area contributed by atoms with Gasteiger partial charge in [0.15, 0.2) is 0 Å². The maximum absolute atomic E-state index is 13.9. The molecule has 0 unspecified atom stereocenters. The second-order valence-electron chi connectivity index (χ2n) is 9.60. The zero-order valence-corrected chi connectivity index (χ0v) is 20.6. The highest BCUT2D eigenvalue weighted by Crippen LogP contribution is 2.36. The number of aryl methyl sites for hydroxylation is 2. The number of rotatable bonds is 10. The van der Waals surface area contributed by atoms with Gasteiger partial charge in [0.1, 0.15) is 5.75 Å². The standard InChI is InChI=1S/C27H37N3O4/c1-29-11-9-21(16-26(29)31)24-8-10-28-17-25(24)27(32)30(22-6-7-22)18-20-13-19(5-4-12-33-2)14-23(15-20)34-3/h9,11,13-16,22,24-25,28H,4-8,10,12,17-18H2,1-3H3/t24-,25+/m0/s1.